The molecule has 2 atom stereocenters. The van der Waals surface area contributed by atoms with Gasteiger partial charge in [0.2, 0.25) is 0 Å². The van der Waals surface area contributed by atoms with Crippen LogP contribution in [0, 0.1) is 0 Å². The first-order valence-corrected chi connectivity index (χ1v) is 8.72. The molecule has 0 bridgehead atoms. The summed E-state index contributed by atoms with van der Waals surface area (Å²) in [6, 6.07) is 1.49. The average molecular weight is 398 g/mol. The summed E-state index contributed by atoms with van der Waals surface area (Å²) in [7, 11) is 1.49. The van der Waals surface area contributed by atoms with Crippen LogP contribution in [0.1, 0.15) is 29.8 Å². The summed E-state index contributed by atoms with van der Waals surface area (Å²) >= 11 is 12.0. The number of rotatable bonds is 5. The Morgan fingerprint density at radius 3 is 2.58 bits per heavy atom. The summed E-state index contributed by atoms with van der Waals surface area (Å²) in [5.41, 5.74) is 0.371. The van der Waals surface area contributed by atoms with Crippen LogP contribution in [0.15, 0.2) is 24.7 Å². The minimum atomic E-state index is -0.501. The first-order chi connectivity index (χ1) is 12.5. The number of hydrogen-bond acceptors (Lipinski definition) is 6. The van der Waals surface area contributed by atoms with Gasteiger partial charge in [0.25, 0.3) is 5.91 Å². The molecule has 26 heavy (non-hydrogen) atoms. The maximum atomic E-state index is 12.5. The van der Waals surface area contributed by atoms with E-state index in [1.807, 2.05) is 0 Å². The third-order valence-corrected chi connectivity index (χ3v) is 4.60. The number of aliphatic hydroxyl groups is 1. The highest BCUT2D eigenvalue weighted by Gasteiger charge is 2.26. The molecule has 7 nitrogen and oxygen atoms in total. The van der Waals surface area contributed by atoms with Gasteiger partial charge in [-0.15, -0.1) is 0 Å². The molecule has 2 aromatic heterocycles. The lowest BCUT2D eigenvalue weighted by atomic mass is 10.2. The molecule has 0 unspecified atom stereocenters. The second kappa shape index (κ2) is 8.07. The second-order valence-electron chi connectivity index (χ2n) is 5.86. The number of nitrogens with one attached hydrogen (secondary N) is 1. The van der Waals surface area contributed by atoms with Crippen molar-refractivity contribution in [1.82, 2.24) is 9.97 Å². The maximum Gasteiger partial charge on any atom is 0.274 e. The largest absolute Gasteiger partial charge is 0.491 e. The van der Waals surface area contributed by atoms with E-state index in [4.69, 9.17) is 32.7 Å². The van der Waals surface area contributed by atoms with Crippen LogP contribution in [-0.2, 0) is 0 Å². The van der Waals surface area contributed by atoms with E-state index in [0.29, 0.717) is 24.3 Å². The summed E-state index contributed by atoms with van der Waals surface area (Å²) < 4.78 is 11.1. The molecule has 1 aliphatic rings. The van der Waals surface area contributed by atoms with Crippen molar-refractivity contribution in [2.45, 2.75) is 31.5 Å². The van der Waals surface area contributed by atoms with Gasteiger partial charge in [-0.2, -0.15) is 0 Å². The first kappa shape index (κ1) is 18.7. The molecule has 1 aliphatic carbocycles. The number of aromatic nitrogens is 2. The second-order valence-corrected chi connectivity index (χ2v) is 6.67. The molecule has 2 aromatic rings. The smallest absolute Gasteiger partial charge is 0.274 e. The molecule has 0 aromatic carbocycles. The molecule has 3 rings (SSSR count). The number of ether oxygens (including phenoxy) is 2. The van der Waals surface area contributed by atoms with Gasteiger partial charge in [-0.25, -0.2) is 4.98 Å². The van der Waals surface area contributed by atoms with Gasteiger partial charge in [-0.05, 0) is 12.8 Å². The fourth-order valence-electron chi connectivity index (χ4n) is 2.71. The third-order valence-electron chi connectivity index (χ3n) is 4.03. The standard InChI is InChI=1S/C17H17Cl2N3O4/c1-25-15-8-21-13(5-14(15)26-10-3-2-9(23)4-10)17(24)22-16-11(18)6-20-7-12(16)19/h5-10,23H,2-4H2,1H3,(H,20,22,24)/t9-,10-/m1/s1. The van der Waals surface area contributed by atoms with E-state index in [-0.39, 0.29) is 33.6 Å². The zero-order chi connectivity index (χ0) is 18.7. The van der Waals surface area contributed by atoms with Crippen LogP contribution in [0.4, 0.5) is 5.69 Å². The van der Waals surface area contributed by atoms with Crippen molar-refractivity contribution < 1.29 is 19.4 Å². The van der Waals surface area contributed by atoms with Gasteiger partial charge < -0.3 is 19.9 Å². The number of carbonyl (C=O) groups is 1. The Hall–Kier alpha value is -2.09. The van der Waals surface area contributed by atoms with Gasteiger partial charge in [0.05, 0.1) is 35.1 Å². The number of hydrogen-bond donors (Lipinski definition) is 2. The Labute approximate surface area is 160 Å². The van der Waals surface area contributed by atoms with E-state index in [9.17, 15) is 9.90 Å². The molecule has 1 fully saturated rings. The molecule has 2 heterocycles. The van der Waals surface area contributed by atoms with Crippen molar-refractivity contribution in [1.29, 1.82) is 0 Å². The van der Waals surface area contributed by atoms with Crippen molar-refractivity contribution >= 4 is 34.8 Å². The molecular weight excluding hydrogens is 381 g/mol. The predicted molar refractivity (Wildman–Crippen MR) is 97.3 cm³/mol. The van der Waals surface area contributed by atoms with E-state index < -0.39 is 5.91 Å². The van der Waals surface area contributed by atoms with E-state index in [1.165, 1.54) is 31.8 Å². The van der Waals surface area contributed by atoms with Crippen molar-refractivity contribution in [2.75, 3.05) is 12.4 Å². The first-order valence-electron chi connectivity index (χ1n) is 7.97. The fraction of sp³-hybridized carbons (Fsp3) is 0.353. The van der Waals surface area contributed by atoms with E-state index >= 15 is 0 Å². The van der Waals surface area contributed by atoms with Gasteiger partial charge in [-0.1, -0.05) is 23.2 Å². The number of anilines is 1. The van der Waals surface area contributed by atoms with Crippen molar-refractivity contribution in [3.63, 3.8) is 0 Å². The van der Waals surface area contributed by atoms with Crippen LogP contribution in [0.2, 0.25) is 10.0 Å². The van der Waals surface area contributed by atoms with Gasteiger partial charge in [0.1, 0.15) is 11.8 Å². The van der Waals surface area contributed by atoms with E-state index in [0.717, 1.165) is 6.42 Å². The van der Waals surface area contributed by atoms with Gasteiger partial charge in [0, 0.05) is 24.9 Å². The molecule has 0 radical (unpaired) electrons. The molecule has 138 valence electrons. The molecular formula is C17H17Cl2N3O4. The van der Waals surface area contributed by atoms with Crippen LogP contribution in [-0.4, -0.2) is 40.3 Å². The average Bonchev–Trinajstić information content (AvgIpc) is 3.03. The molecule has 2 N–H and O–H groups in total. The van der Waals surface area contributed by atoms with Crippen molar-refractivity contribution in [2.24, 2.45) is 0 Å². The fourth-order valence-corrected chi connectivity index (χ4v) is 3.17. The summed E-state index contributed by atoms with van der Waals surface area (Å²) in [5.74, 6) is 0.292. The Morgan fingerprint density at radius 2 is 1.96 bits per heavy atom. The van der Waals surface area contributed by atoms with Crippen LogP contribution in [0.3, 0.4) is 0 Å². The molecule has 1 saturated carbocycles. The number of nitrogens with zero attached hydrogens (tertiary/aromatic N) is 2. The Kier molecular flexibility index (Phi) is 5.80. The third kappa shape index (κ3) is 4.17. The Balaban J connectivity index is 1.81. The Morgan fingerprint density at radius 1 is 1.23 bits per heavy atom. The molecule has 0 saturated heterocycles. The number of halogens is 2. The summed E-state index contributed by atoms with van der Waals surface area (Å²) in [5, 5.41) is 12.7. The number of amides is 1. The van der Waals surface area contributed by atoms with Crippen LogP contribution in [0.25, 0.3) is 0 Å². The van der Waals surface area contributed by atoms with Crippen LogP contribution in [0.5, 0.6) is 11.5 Å². The maximum absolute atomic E-state index is 12.5. The quantitative estimate of drug-likeness (QED) is 0.803. The van der Waals surface area contributed by atoms with Gasteiger partial charge >= 0.3 is 0 Å². The van der Waals surface area contributed by atoms with Crippen molar-refractivity contribution in [3.05, 3.63) is 40.4 Å². The highest BCUT2D eigenvalue weighted by atomic mass is 35.5. The molecule has 9 heteroatoms. The number of methoxy groups -OCH3 is 1. The van der Waals surface area contributed by atoms with Crippen LogP contribution < -0.4 is 14.8 Å². The van der Waals surface area contributed by atoms with Gasteiger partial charge in [0.15, 0.2) is 11.5 Å². The predicted octanol–water partition coefficient (Wildman–Crippen LogP) is 3.34. The molecule has 0 aliphatic heterocycles. The monoisotopic (exact) mass is 397 g/mol. The van der Waals surface area contributed by atoms with E-state index in [1.54, 1.807) is 0 Å². The topological polar surface area (TPSA) is 93.6 Å². The number of aliphatic hydroxyl groups excluding tert-OH is 1. The lowest BCUT2D eigenvalue weighted by molar-refractivity contribution is 0.102. The van der Waals surface area contributed by atoms with Crippen molar-refractivity contribution in [3.8, 4) is 11.5 Å². The minimum absolute atomic E-state index is 0.114. The van der Waals surface area contributed by atoms with Crippen LogP contribution >= 0.6 is 23.2 Å². The minimum Gasteiger partial charge on any atom is -0.491 e. The molecule has 1 amide bonds. The normalized spacial score (nSPS) is 19.2. The summed E-state index contributed by atoms with van der Waals surface area (Å²) in [6.45, 7) is 0. The highest BCUT2D eigenvalue weighted by molar-refractivity contribution is 6.39. The molecule has 0 spiro atoms. The number of pyridine rings is 2. The zero-order valence-corrected chi connectivity index (χ0v) is 15.4. The lowest BCUT2D eigenvalue weighted by Crippen LogP contribution is -2.17. The number of carbonyl (C=O) groups excluding carboxylic acids is 1. The highest BCUT2D eigenvalue weighted by Crippen LogP contribution is 2.33. The Bertz CT molecular complexity index is 798. The van der Waals surface area contributed by atoms with E-state index in [2.05, 4.69) is 15.3 Å². The zero-order valence-electron chi connectivity index (χ0n) is 13.9. The SMILES string of the molecule is COc1cnc(C(=O)Nc2c(Cl)cncc2Cl)cc1O[C@@H]1CC[C@@H](O)C1. The summed E-state index contributed by atoms with van der Waals surface area (Å²) in [4.78, 5) is 20.4. The lowest BCUT2D eigenvalue weighted by Gasteiger charge is -2.16. The van der Waals surface area contributed by atoms with Gasteiger partial charge in [-0.3, -0.25) is 9.78 Å². The summed E-state index contributed by atoms with van der Waals surface area (Å²) in [6.07, 6.45) is 5.61.